The summed E-state index contributed by atoms with van der Waals surface area (Å²) in [6, 6.07) is 8.11. The molecular weight excluding hydrogens is 251 g/mol. The van der Waals surface area contributed by atoms with Crippen LogP contribution in [0.25, 0.3) is 0 Å². The van der Waals surface area contributed by atoms with E-state index in [1.54, 1.807) is 24.3 Å². The Morgan fingerprint density at radius 2 is 1.88 bits per heavy atom. The van der Waals surface area contributed by atoms with Crippen LogP contribution in [0.1, 0.15) is 0 Å². The molecule has 2 N–H and O–H groups in total. The fourth-order valence-electron chi connectivity index (χ4n) is 0.944. The van der Waals surface area contributed by atoms with Crippen LogP contribution in [-0.4, -0.2) is 23.2 Å². The second-order valence-electron chi connectivity index (χ2n) is 2.93. The number of urea groups is 1. The second kappa shape index (κ2) is 6.35. The molecule has 1 atom stereocenters. The first kappa shape index (κ1) is 12.8. The van der Waals surface area contributed by atoms with Crippen molar-refractivity contribution in [3.05, 3.63) is 30.3 Å². The molecule has 0 saturated heterocycles. The van der Waals surface area contributed by atoms with Gasteiger partial charge in [-0.1, -0.05) is 18.2 Å². The maximum atomic E-state index is 11.3. The van der Waals surface area contributed by atoms with Gasteiger partial charge < -0.3 is 5.32 Å². The smallest absolute Gasteiger partial charge is 0.308 e. The Bertz CT molecular complexity index is 370. The number of hydrogen-bond donors (Lipinski definition) is 2. The average molecular weight is 261 g/mol. The Labute approximate surface area is 103 Å². The monoisotopic (exact) mass is 260 g/mol. The van der Waals surface area contributed by atoms with E-state index in [-0.39, 0.29) is 5.88 Å². The maximum Gasteiger partial charge on any atom is 0.325 e. The van der Waals surface area contributed by atoms with E-state index in [0.29, 0.717) is 5.69 Å². The first-order valence-corrected chi connectivity index (χ1v) is 5.47. The van der Waals surface area contributed by atoms with Crippen LogP contribution < -0.4 is 10.6 Å². The van der Waals surface area contributed by atoms with Gasteiger partial charge >= 0.3 is 6.03 Å². The number of para-hydroxylation sites is 1. The summed E-state index contributed by atoms with van der Waals surface area (Å²) in [6.07, 6.45) is 0. The van der Waals surface area contributed by atoms with Gasteiger partial charge in [-0.25, -0.2) is 4.79 Å². The summed E-state index contributed by atoms with van der Waals surface area (Å²) in [5.74, 6) is -0.670. The van der Waals surface area contributed by atoms with Gasteiger partial charge in [-0.3, -0.25) is 10.1 Å². The Morgan fingerprint density at radius 1 is 1.25 bits per heavy atom. The van der Waals surface area contributed by atoms with Crippen LogP contribution in [0.5, 0.6) is 0 Å². The van der Waals surface area contributed by atoms with Crippen LogP contribution in [-0.2, 0) is 4.79 Å². The van der Waals surface area contributed by atoms with Crippen molar-refractivity contribution in [1.82, 2.24) is 5.32 Å². The van der Waals surface area contributed by atoms with E-state index in [2.05, 4.69) is 10.6 Å². The van der Waals surface area contributed by atoms with Crippen molar-refractivity contribution in [1.29, 1.82) is 0 Å². The van der Waals surface area contributed by atoms with Crippen molar-refractivity contribution >= 4 is 40.8 Å². The number of carbonyl (C=O) groups is 2. The SMILES string of the molecule is O=C(NC(=O)C(Cl)CCl)Nc1ccccc1. The molecule has 0 heterocycles. The lowest BCUT2D eigenvalue weighted by Gasteiger charge is -2.08. The minimum Gasteiger partial charge on any atom is -0.308 e. The lowest BCUT2D eigenvalue weighted by molar-refractivity contribution is -0.119. The molecule has 0 aliphatic heterocycles. The Kier molecular flexibility index (Phi) is 5.08. The third-order valence-corrected chi connectivity index (χ3v) is 2.51. The quantitative estimate of drug-likeness (QED) is 0.819. The van der Waals surface area contributed by atoms with E-state index in [9.17, 15) is 9.59 Å². The summed E-state index contributed by atoms with van der Waals surface area (Å²) in [4.78, 5) is 22.5. The number of halogens is 2. The Balaban J connectivity index is 2.46. The van der Waals surface area contributed by atoms with Crippen LogP contribution in [0.15, 0.2) is 30.3 Å². The molecule has 16 heavy (non-hydrogen) atoms. The first-order chi connectivity index (χ1) is 7.63. The fourth-order valence-corrected chi connectivity index (χ4v) is 1.14. The molecule has 3 amide bonds. The highest BCUT2D eigenvalue weighted by molar-refractivity contribution is 6.36. The summed E-state index contributed by atoms with van der Waals surface area (Å²) >= 11 is 10.9. The van der Waals surface area contributed by atoms with Crippen LogP contribution in [0.3, 0.4) is 0 Å². The van der Waals surface area contributed by atoms with Crippen LogP contribution in [0, 0.1) is 0 Å². The highest BCUT2D eigenvalue weighted by Gasteiger charge is 2.16. The molecule has 0 saturated carbocycles. The van der Waals surface area contributed by atoms with Gasteiger partial charge in [0.15, 0.2) is 0 Å². The molecule has 0 fully saturated rings. The van der Waals surface area contributed by atoms with Gasteiger partial charge in [-0.2, -0.15) is 0 Å². The number of imide groups is 1. The fraction of sp³-hybridized carbons (Fsp3) is 0.200. The summed E-state index contributed by atoms with van der Waals surface area (Å²) in [6.45, 7) is 0. The molecule has 1 aromatic carbocycles. The molecule has 1 rings (SSSR count). The largest absolute Gasteiger partial charge is 0.325 e. The van der Waals surface area contributed by atoms with E-state index >= 15 is 0 Å². The standard InChI is InChI=1S/C10H10Cl2N2O2/c11-6-8(12)9(15)14-10(16)13-7-4-2-1-3-5-7/h1-5,8H,6H2,(H2,13,14,15,16). The lowest BCUT2D eigenvalue weighted by Crippen LogP contribution is -2.39. The highest BCUT2D eigenvalue weighted by atomic mass is 35.5. The van der Waals surface area contributed by atoms with Gasteiger partial charge in [0.1, 0.15) is 5.38 Å². The zero-order valence-electron chi connectivity index (χ0n) is 8.24. The molecule has 0 bridgehead atoms. The van der Waals surface area contributed by atoms with Crippen LogP contribution >= 0.6 is 23.2 Å². The molecule has 0 spiro atoms. The molecule has 6 heteroatoms. The molecule has 0 aromatic heterocycles. The molecule has 0 aliphatic rings. The van der Waals surface area contributed by atoms with Gasteiger partial charge in [0, 0.05) is 11.6 Å². The topological polar surface area (TPSA) is 58.2 Å². The van der Waals surface area contributed by atoms with Crippen LogP contribution in [0.2, 0.25) is 0 Å². The Morgan fingerprint density at radius 3 is 2.44 bits per heavy atom. The van der Waals surface area contributed by atoms with Gasteiger partial charge in [-0.05, 0) is 12.1 Å². The highest BCUT2D eigenvalue weighted by Crippen LogP contribution is 2.04. The summed E-state index contributed by atoms with van der Waals surface area (Å²) in [5.41, 5.74) is 0.588. The molecule has 1 aromatic rings. The third-order valence-electron chi connectivity index (χ3n) is 1.69. The van der Waals surface area contributed by atoms with Gasteiger partial charge in [0.05, 0.1) is 0 Å². The minimum atomic E-state index is -0.914. The van der Waals surface area contributed by atoms with E-state index in [0.717, 1.165) is 0 Å². The molecule has 1 unspecified atom stereocenters. The number of nitrogens with one attached hydrogen (secondary N) is 2. The van der Waals surface area contributed by atoms with Crippen molar-refractivity contribution in [2.75, 3.05) is 11.2 Å². The third kappa shape index (κ3) is 4.08. The maximum absolute atomic E-state index is 11.3. The van der Waals surface area contributed by atoms with Gasteiger partial charge in [0.2, 0.25) is 5.91 Å². The van der Waals surface area contributed by atoms with Gasteiger partial charge in [0.25, 0.3) is 0 Å². The van der Waals surface area contributed by atoms with Crippen molar-refractivity contribution in [2.45, 2.75) is 5.38 Å². The molecule has 0 radical (unpaired) electrons. The molecule has 86 valence electrons. The summed E-state index contributed by atoms with van der Waals surface area (Å²) in [7, 11) is 0. The van der Waals surface area contributed by atoms with Crippen molar-refractivity contribution in [2.24, 2.45) is 0 Å². The lowest BCUT2D eigenvalue weighted by atomic mass is 10.3. The van der Waals surface area contributed by atoms with E-state index in [1.165, 1.54) is 0 Å². The molecular formula is C10H10Cl2N2O2. The van der Waals surface area contributed by atoms with Crippen molar-refractivity contribution in [3.8, 4) is 0 Å². The summed E-state index contributed by atoms with van der Waals surface area (Å²) in [5, 5.41) is 3.64. The average Bonchev–Trinajstić information content (AvgIpc) is 2.29. The number of benzene rings is 1. The number of hydrogen-bond acceptors (Lipinski definition) is 2. The molecule has 4 nitrogen and oxygen atoms in total. The van der Waals surface area contributed by atoms with E-state index in [4.69, 9.17) is 23.2 Å². The molecule has 0 aliphatic carbocycles. The van der Waals surface area contributed by atoms with Crippen LogP contribution in [0.4, 0.5) is 10.5 Å². The number of amides is 3. The first-order valence-electron chi connectivity index (χ1n) is 4.50. The number of alkyl halides is 2. The minimum absolute atomic E-state index is 0.0496. The van der Waals surface area contributed by atoms with Gasteiger partial charge in [-0.15, -0.1) is 23.2 Å². The van der Waals surface area contributed by atoms with Crippen molar-refractivity contribution < 1.29 is 9.59 Å². The zero-order valence-corrected chi connectivity index (χ0v) is 9.76. The normalized spacial score (nSPS) is 11.6. The number of anilines is 1. The van der Waals surface area contributed by atoms with E-state index in [1.807, 2.05) is 6.07 Å². The Hall–Kier alpha value is -1.26. The zero-order chi connectivity index (χ0) is 12.0. The van der Waals surface area contributed by atoms with E-state index < -0.39 is 17.3 Å². The second-order valence-corrected chi connectivity index (χ2v) is 3.77. The number of carbonyl (C=O) groups excluding carboxylic acids is 2. The predicted molar refractivity (Wildman–Crippen MR) is 64.0 cm³/mol. The summed E-state index contributed by atoms with van der Waals surface area (Å²) < 4.78 is 0. The predicted octanol–water partition coefficient (Wildman–Crippen LogP) is 2.18. The number of rotatable bonds is 3. The van der Waals surface area contributed by atoms with Crippen molar-refractivity contribution in [3.63, 3.8) is 0 Å².